The van der Waals surface area contributed by atoms with E-state index in [2.05, 4.69) is 0 Å². The molecule has 0 unspecified atom stereocenters. The summed E-state index contributed by atoms with van der Waals surface area (Å²) >= 11 is 0. The summed E-state index contributed by atoms with van der Waals surface area (Å²) in [4.78, 5) is 11.8. The van der Waals surface area contributed by atoms with E-state index in [0.717, 1.165) is 0 Å². The van der Waals surface area contributed by atoms with Crippen LogP contribution in [-0.4, -0.2) is 35.5 Å². The van der Waals surface area contributed by atoms with E-state index >= 15 is 0 Å². The Bertz CT molecular complexity index is 329. The Morgan fingerprint density at radius 3 is 2.11 bits per heavy atom. The minimum Gasteiger partial charge on any atom is -0.459 e. The molecule has 0 radical (unpaired) electrons. The fourth-order valence-electron chi connectivity index (χ4n) is 1.69. The van der Waals surface area contributed by atoms with Crippen LogP contribution in [0.1, 0.15) is 36.0 Å². The summed E-state index contributed by atoms with van der Waals surface area (Å²) in [6, 6.07) is 8.82. The molecule has 0 aliphatic carbocycles. The number of carbonyl (C=O) groups excluding carboxylic acids is 1. The second-order valence-corrected chi connectivity index (χ2v) is 4.13. The van der Waals surface area contributed by atoms with Gasteiger partial charge in [0.25, 0.3) is 0 Å². The van der Waals surface area contributed by atoms with Gasteiger partial charge in [0.1, 0.15) is 6.10 Å². The zero-order chi connectivity index (χ0) is 13.2. The van der Waals surface area contributed by atoms with E-state index in [1.807, 2.05) is 6.07 Å². The molecule has 0 amide bonds. The molecule has 100 valence electrons. The molecule has 0 saturated heterocycles. The lowest BCUT2D eigenvalue weighted by molar-refractivity contribution is 0.0228. The predicted octanol–water partition coefficient (Wildman–Crippen LogP) is 1.76. The normalized spacial score (nSPS) is 10.6. The number of benzene rings is 1. The van der Waals surface area contributed by atoms with E-state index in [4.69, 9.17) is 14.9 Å². The highest BCUT2D eigenvalue weighted by Crippen LogP contribution is 2.12. The summed E-state index contributed by atoms with van der Waals surface area (Å²) in [6.07, 6.45) is 2.19. The smallest absolute Gasteiger partial charge is 0.338 e. The molecule has 0 fully saturated rings. The van der Waals surface area contributed by atoms with Crippen molar-refractivity contribution in [2.45, 2.75) is 31.8 Å². The molecule has 1 aromatic carbocycles. The maximum Gasteiger partial charge on any atom is 0.338 e. The summed E-state index contributed by atoms with van der Waals surface area (Å²) in [5, 5.41) is 17.6. The lowest BCUT2D eigenvalue weighted by atomic mass is 10.1. The average Bonchev–Trinajstić information content (AvgIpc) is 2.42. The van der Waals surface area contributed by atoms with Crippen LogP contribution in [0, 0.1) is 0 Å². The van der Waals surface area contributed by atoms with Crippen molar-refractivity contribution in [2.24, 2.45) is 0 Å². The van der Waals surface area contributed by atoms with Crippen molar-refractivity contribution in [3.8, 4) is 0 Å². The van der Waals surface area contributed by atoms with Crippen molar-refractivity contribution in [1.82, 2.24) is 0 Å². The summed E-state index contributed by atoms with van der Waals surface area (Å²) in [6.45, 7) is 0.164. The van der Waals surface area contributed by atoms with E-state index in [1.54, 1.807) is 24.3 Å². The predicted molar refractivity (Wildman–Crippen MR) is 68.3 cm³/mol. The van der Waals surface area contributed by atoms with Gasteiger partial charge in [-0.05, 0) is 37.8 Å². The summed E-state index contributed by atoms with van der Waals surface area (Å²) in [7, 11) is 0. The van der Waals surface area contributed by atoms with Gasteiger partial charge in [0.15, 0.2) is 0 Å². The Kier molecular flexibility index (Phi) is 7.06. The lowest BCUT2D eigenvalue weighted by Crippen LogP contribution is -2.19. The average molecular weight is 252 g/mol. The molecule has 0 saturated carbocycles. The molecular weight excluding hydrogens is 232 g/mol. The van der Waals surface area contributed by atoms with Gasteiger partial charge < -0.3 is 14.9 Å². The van der Waals surface area contributed by atoms with Gasteiger partial charge in [0, 0.05) is 13.2 Å². The molecule has 0 aliphatic rings. The molecule has 0 spiro atoms. The van der Waals surface area contributed by atoms with E-state index in [-0.39, 0.29) is 25.3 Å². The van der Waals surface area contributed by atoms with Crippen LogP contribution in [0.25, 0.3) is 0 Å². The second-order valence-electron chi connectivity index (χ2n) is 4.13. The van der Waals surface area contributed by atoms with Gasteiger partial charge in [-0.2, -0.15) is 0 Å². The highest BCUT2D eigenvalue weighted by atomic mass is 16.5. The standard InChI is InChI=1S/C14H20O4/c15-10-4-8-13(9-5-11-16)18-14(17)12-6-2-1-3-7-12/h1-3,6-7,13,15-16H,4-5,8-11H2. The van der Waals surface area contributed by atoms with E-state index in [0.29, 0.717) is 31.2 Å². The van der Waals surface area contributed by atoms with Crippen molar-refractivity contribution >= 4 is 5.97 Å². The summed E-state index contributed by atoms with van der Waals surface area (Å²) in [5.74, 6) is -0.350. The third-order valence-corrected chi connectivity index (χ3v) is 2.65. The highest BCUT2D eigenvalue weighted by Gasteiger charge is 2.15. The Morgan fingerprint density at radius 1 is 1.06 bits per heavy atom. The maximum absolute atomic E-state index is 11.8. The zero-order valence-corrected chi connectivity index (χ0v) is 10.4. The van der Waals surface area contributed by atoms with Gasteiger partial charge in [0.2, 0.25) is 0 Å². The number of hydrogen-bond acceptors (Lipinski definition) is 4. The number of hydrogen-bond donors (Lipinski definition) is 2. The molecule has 0 aromatic heterocycles. The SMILES string of the molecule is O=C(OC(CCCO)CCCO)c1ccccc1. The van der Waals surface area contributed by atoms with Gasteiger partial charge in [-0.1, -0.05) is 18.2 Å². The molecule has 1 aromatic rings. The zero-order valence-electron chi connectivity index (χ0n) is 10.4. The van der Waals surface area contributed by atoms with Crippen LogP contribution < -0.4 is 0 Å². The number of aliphatic hydroxyl groups is 2. The van der Waals surface area contributed by atoms with Crippen LogP contribution >= 0.6 is 0 Å². The summed E-state index contributed by atoms with van der Waals surface area (Å²) < 4.78 is 5.38. The van der Waals surface area contributed by atoms with E-state index in [9.17, 15) is 4.79 Å². The van der Waals surface area contributed by atoms with E-state index < -0.39 is 0 Å². The minimum absolute atomic E-state index is 0.0819. The third-order valence-electron chi connectivity index (χ3n) is 2.65. The van der Waals surface area contributed by atoms with Crippen LogP contribution in [0.3, 0.4) is 0 Å². The van der Waals surface area contributed by atoms with Crippen molar-refractivity contribution in [3.63, 3.8) is 0 Å². The first-order chi connectivity index (χ1) is 8.77. The largest absolute Gasteiger partial charge is 0.459 e. The van der Waals surface area contributed by atoms with Crippen LogP contribution in [0.2, 0.25) is 0 Å². The Labute approximate surface area is 107 Å². The Hall–Kier alpha value is -1.39. The number of ether oxygens (including phenoxy) is 1. The molecule has 0 atom stereocenters. The van der Waals surface area contributed by atoms with Gasteiger partial charge in [-0.3, -0.25) is 0 Å². The first-order valence-electron chi connectivity index (χ1n) is 6.25. The molecular formula is C14H20O4. The van der Waals surface area contributed by atoms with Gasteiger partial charge in [-0.25, -0.2) is 4.79 Å². The number of esters is 1. The quantitative estimate of drug-likeness (QED) is 0.692. The minimum atomic E-state index is -0.350. The van der Waals surface area contributed by atoms with E-state index in [1.165, 1.54) is 0 Å². The number of aliphatic hydroxyl groups excluding tert-OH is 2. The number of carbonyl (C=O) groups is 1. The Morgan fingerprint density at radius 2 is 1.61 bits per heavy atom. The van der Waals surface area contributed by atoms with Crippen LogP contribution in [-0.2, 0) is 4.74 Å². The van der Waals surface area contributed by atoms with Crippen molar-refractivity contribution in [1.29, 1.82) is 0 Å². The topological polar surface area (TPSA) is 66.8 Å². The van der Waals surface area contributed by atoms with Gasteiger partial charge in [-0.15, -0.1) is 0 Å². The third kappa shape index (κ3) is 5.29. The molecule has 0 aliphatic heterocycles. The molecule has 4 nitrogen and oxygen atoms in total. The lowest BCUT2D eigenvalue weighted by Gasteiger charge is -2.17. The monoisotopic (exact) mass is 252 g/mol. The van der Waals surface area contributed by atoms with Crippen molar-refractivity contribution < 1.29 is 19.7 Å². The van der Waals surface area contributed by atoms with Crippen molar-refractivity contribution in [3.05, 3.63) is 35.9 Å². The molecule has 4 heteroatoms. The van der Waals surface area contributed by atoms with Crippen LogP contribution in [0.15, 0.2) is 30.3 Å². The van der Waals surface area contributed by atoms with Crippen molar-refractivity contribution in [2.75, 3.05) is 13.2 Å². The highest BCUT2D eigenvalue weighted by molar-refractivity contribution is 5.89. The molecule has 2 N–H and O–H groups in total. The first-order valence-corrected chi connectivity index (χ1v) is 6.25. The fourth-order valence-corrected chi connectivity index (χ4v) is 1.69. The molecule has 1 rings (SSSR count). The molecule has 18 heavy (non-hydrogen) atoms. The Balaban J connectivity index is 2.50. The van der Waals surface area contributed by atoms with Crippen LogP contribution in [0.4, 0.5) is 0 Å². The van der Waals surface area contributed by atoms with Gasteiger partial charge >= 0.3 is 5.97 Å². The maximum atomic E-state index is 11.8. The second kappa shape index (κ2) is 8.66. The fraction of sp³-hybridized carbons (Fsp3) is 0.500. The molecule has 0 heterocycles. The summed E-state index contributed by atoms with van der Waals surface area (Å²) in [5.41, 5.74) is 0.524. The first kappa shape index (κ1) is 14.7. The molecule has 0 bridgehead atoms. The van der Waals surface area contributed by atoms with Crippen LogP contribution in [0.5, 0.6) is 0 Å². The number of rotatable bonds is 8. The van der Waals surface area contributed by atoms with Gasteiger partial charge in [0.05, 0.1) is 5.56 Å².